The van der Waals surface area contributed by atoms with Crippen LogP contribution in [0.4, 0.5) is 4.39 Å². The molecule has 1 aliphatic heterocycles. The van der Waals surface area contributed by atoms with E-state index in [-0.39, 0.29) is 5.82 Å². The maximum Gasteiger partial charge on any atom is 0.128 e. The Morgan fingerprint density at radius 3 is 3.00 bits per heavy atom. The van der Waals surface area contributed by atoms with E-state index in [4.69, 9.17) is 4.74 Å². The molecule has 0 radical (unpaired) electrons. The number of hydrogen-bond donors (Lipinski definition) is 0. The summed E-state index contributed by atoms with van der Waals surface area (Å²) in [5, 5.41) is 0. The second-order valence-electron chi connectivity index (χ2n) is 4.08. The molecule has 1 aliphatic rings. The van der Waals surface area contributed by atoms with Crippen molar-refractivity contribution in [1.29, 1.82) is 0 Å². The molecule has 1 heterocycles. The quantitative estimate of drug-likeness (QED) is 0.848. The third-order valence-electron chi connectivity index (χ3n) is 3.01. The van der Waals surface area contributed by atoms with Gasteiger partial charge in [0.1, 0.15) is 5.82 Å². The van der Waals surface area contributed by atoms with Gasteiger partial charge in [-0.25, -0.2) is 4.39 Å². The predicted molar refractivity (Wildman–Crippen MR) is 64.8 cm³/mol. The largest absolute Gasteiger partial charge is 0.380 e. The number of likely N-dealkylation sites (tertiary alicyclic amines) is 1. The number of rotatable bonds is 3. The summed E-state index contributed by atoms with van der Waals surface area (Å²) in [4.78, 5) is 2.22. The molecule has 0 unspecified atom stereocenters. The maximum absolute atomic E-state index is 13.6. The lowest BCUT2D eigenvalue weighted by atomic mass is 10.2. The monoisotopic (exact) mass is 287 g/mol. The van der Waals surface area contributed by atoms with E-state index in [0.29, 0.717) is 12.6 Å². The Kier molecular flexibility index (Phi) is 3.95. The smallest absolute Gasteiger partial charge is 0.128 e. The fraction of sp³-hybridized carbons (Fsp3) is 0.500. The Bertz CT molecular complexity index is 352. The standard InChI is InChI=1S/C12H15BrFNO/c1-16-9-5-6-15(7-9)8-10-11(13)3-2-4-12(10)14/h2-4,9H,5-8H2,1H3/t9-/m0/s1. The molecule has 1 fully saturated rings. The molecule has 0 aliphatic carbocycles. The molecule has 1 aromatic rings. The first-order valence-electron chi connectivity index (χ1n) is 5.38. The number of ether oxygens (including phenoxy) is 1. The zero-order chi connectivity index (χ0) is 11.5. The van der Waals surface area contributed by atoms with Crippen LogP contribution in [0.2, 0.25) is 0 Å². The highest BCUT2D eigenvalue weighted by molar-refractivity contribution is 9.10. The van der Waals surface area contributed by atoms with Crippen LogP contribution in [-0.2, 0) is 11.3 Å². The first kappa shape index (κ1) is 12.0. The van der Waals surface area contributed by atoms with Gasteiger partial charge in [-0.2, -0.15) is 0 Å². The number of nitrogens with zero attached hydrogens (tertiary/aromatic N) is 1. The average Bonchev–Trinajstić information content (AvgIpc) is 2.71. The van der Waals surface area contributed by atoms with Crippen molar-refractivity contribution in [3.8, 4) is 0 Å². The van der Waals surface area contributed by atoms with Gasteiger partial charge in [0.15, 0.2) is 0 Å². The SMILES string of the molecule is CO[C@H]1CCN(Cc2c(F)cccc2Br)C1. The fourth-order valence-electron chi connectivity index (χ4n) is 2.04. The van der Waals surface area contributed by atoms with Gasteiger partial charge in [0, 0.05) is 36.8 Å². The molecule has 0 spiro atoms. The van der Waals surface area contributed by atoms with E-state index in [2.05, 4.69) is 20.8 Å². The molecule has 4 heteroatoms. The molecule has 0 amide bonds. The average molecular weight is 288 g/mol. The molecule has 0 saturated carbocycles. The minimum absolute atomic E-state index is 0.143. The number of hydrogen-bond acceptors (Lipinski definition) is 2. The van der Waals surface area contributed by atoms with Gasteiger partial charge < -0.3 is 4.74 Å². The molecule has 2 nitrogen and oxygen atoms in total. The summed E-state index contributed by atoms with van der Waals surface area (Å²) >= 11 is 3.39. The van der Waals surface area contributed by atoms with Gasteiger partial charge in [-0.05, 0) is 18.6 Å². The van der Waals surface area contributed by atoms with E-state index in [9.17, 15) is 4.39 Å². The lowest BCUT2D eigenvalue weighted by Gasteiger charge is -2.17. The van der Waals surface area contributed by atoms with E-state index in [0.717, 1.165) is 29.5 Å². The van der Waals surface area contributed by atoms with Crippen molar-refractivity contribution in [2.75, 3.05) is 20.2 Å². The molecular weight excluding hydrogens is 273 g/mol. The van der Waals surface area contributed by atoms with Crippen LogP contribution in [0.5, 0.6) is 0 Å². The Hall–Kier alpha value is -0.450. The van der Waals surface area contributed by atoms with E-state index >= 15 is 0 Å². The molecule has 0 N–H and O–H groups in total. The minimum atomic E-state index is -0.143. The van der Waals surface area contributed by atoms with Crippen molar-refractivity contribution in [2.24, 2.45) is 0 Å². The van der Waals surface area contributed by atoms with Crippen molar-refractivity contribution in [1.82, 2.24) is 4.90 Å². The predicted octanol–water partition coefficient (Wildman–Crippen LogP) is 2.81. The summed E-state index contributed by atoms with van der Waals surface area (Å²) in [6, 6.07) is 5.09. The molecular formula is C12H15BrFNO. The summed E-state index contributed by atoms with van der Waals surface area (Å²) in [5.74, 6) is -0.143. The minimum Gasteiger partial charge on any atom is -0.380 e. The molecule has 1 atom stereocenters. The van der Waals surface area contributed by atoms with E-state index in [1.807, 2.05) is 6.07 Å². The Labute approximate surface area is 104 Å². The Balaban J connectivity index is 2.04. The molecule has 88 valence electrons. The summed E-state index contributed by atoms with van der Waals surface area (Å²) in [6.07, 6.45) is 1.33. The summed E-state index contributed by atoms with van der Waals surface area (Å²) in [6.45, 7) is 2.50. The first-order chi connectivity index (χ1) is 7.70. The Morgan fingerprint density at radius 2 is 2.38 bits per heavy atom. The van der Waals surface area contributed by atoms with Gasteiger partial charge in [-0.15, -0.1) is 0 Å². The molecule has 2 rings (SSSR count). The van der Waals surface area contributed by atoms with Gasteiger partial charge in [0.25, 0.3) is 0 Å². The zero-order valence-corrected chi connectivity index (χ0v) is 10.8. The highest BCUT2D eigenvalue weighted by Crippen LogP contribution is 2.23. The molecule has 0 aromatic heterocycles. The van der Waals surface area contributed by atoms with Crippen LogP contribution in [0.15, 0.2) is 22.7 Å². The van der Waals surface area contributed by atoms with Crippen LogP contribution in [0, 0.1) is 5.82 Å². The normalized spacial score (nSPS) is 21.6. The third-order valence-corrected chi connectivity index (χ3v) is 3.75. The molecule has 1 aromatic carbocycles. The lowest BCUT2D eigenvalue weighted by molar-refractivity contribution is 0.107. The second kappa shape index (κ2) is 5.25. The van der Waals surface area contributed by atoms with Gasteiger partial charge in [-0.3, -0.25) is 4.90 Å². The molecule has 16 heavy (non-hydrogen) atoms. The number of benzene rings is 1. The Morgan fingerprint density at radius 1 is 1.56 bits per heavy atom. The number of methoxy groups -OCH3 is 1. The summed E-state index contributed by atoms with van der Waals surface area (Å²) < 4.78 is 19.7. The van der Waals surface area contributed by atoms with Gasteiger partial charge >= 0.3 is 0 Å². The molecule has 0 bridgehead atoms. The van der Waals surface area contributed by atoms with Gasteiger partial charge in [0.2, 0.25) is 0 Å². The number of halogens is 2. The topological polar surface area (TPSA) is 12.5 Å². The van der Waals surface area contributed by atoms with Crippen LogP contribution in [0.3, 0.4) is 0 Å². The maximum atomic E-state index is 13.6. The highest BCUT2D eigenvalue weighted by Gasteiger charge is 2.23. The van der Waals surface area contributed by atoms with Crippen molar-refractivity contribution < 1.29 is 9.13 Å². The van der Waals surface area contributed by atoms with E-state index in [1.54, 1.807) is 13.2 Å². The van der Waals surface area contributed by atoms with Crippen LogP contribution in [-0.4, -0.2) is 31.2 Å². The second-order valence-corrected chi connectivity index (χ2v) is 4.94. The lowest BCUT2D eigenvalue weighted by Crippen LogP contribution is -2.23. The van der Waals surface area contributed by atoms with Crippen molar-refractivity contribution >= 4 is 15.9 Å². The van der Waals surface area contributed by atoms with Crippen molar-refractivity contribution in [3.05, 3.63) is 34.1 Å². The van der Waals surface area contributed by atoms with Crippen LogP contribution < -0.4 is 0 Å². The van der Waals surface area contributed by atoms with Crippen molar-refractivity contribution in [2.45, 2.75) is 19.1 Å². The van der Waals surface area contributed by atoms with Gasteiger partial charge in [-0.1, -0.05) is 22.0 Å². The van der Waals surface area contributed by atoms with Crippen LogP contribution >= 0.6 is 15.9 Å². The highest BCUT2D eigenvalue weighted by atomic mass is 79.9. The first-order valence-corrected chi connectivity index (χ1v) is 6.18. The third kappa shape index (κ3) is 2.62. The van der Waals surface area contributed by atoms with E-state index in [1.165, 1.54) is 6.07 Å². The van der Waals surface area contributed by atoms with Gasteiger partial charge in [0.05, 0.1) is 6.10 Å². The van der Waals surface area contributed by atoms with E-state index < -0.39 is 0 Å². The fourth-order valence-corrected chi connectivity index (χ4v) is 2.51. The van der Waals surface area contributed by atoms with Crippen LogP contribution in [0.25, 0.3) is 0 Å². The summed E-state index contributed by atoms with van der Waals surface area (Å²) in [7, 11) is 1.73. The zero-order valence-electron chi connectivity index (χ0n) is 9.25. The molecule has 1 saturated heterocycles. The summed E-state index contributed by atoms with van der Waals surface area (Å²) in [5.41, 5.74) is 0.735. The van der Waals surface area contributed by atoms with Crippen molar-refractivity contribution in [3.63, 3.8) is 0 Å². The van der Waals surface area contributed by atoms with Crippen LogP contribution in [0.1, 0.15) is 12.0 Å².